The van der Waals surface area contributed by atoms with E-state index in [0.717, 1.165) is 4.47 Å². The van der Waals surface area contributed by atoms with Crippen LogP contribution in [0.15, 0.2) is 46.9 Å². The molecule has 0 spiro atoms. The first-order valence-electron chi connectivity index (χ1n) is 9.38. The number of hydrogen-bond acceptors (Lipinski definition) is 4. The van der Waals surface area contributed by atoms with Crippen molar-refractivity contribution in [2.45, 2.75) is 27.7 Å². The zero-order chi connectivity index (χ0) is 20.3. The van der Waals surface area contributed by atoms with Crippen molar-refractivity contribution in [3.05, 3.63) is 66.4 Å². The Morgan fingerprint density at radius 3 is 1.97 bits per heavy atom. The first-order valence-corrected chi connectivity index (χ1v) is 13.4. The van der Waals surface area contributed by atoms with E-state index in [1.54, 1.807) is 0 Å². The Balaban J connectivity index is 1.81. The number of rotatable bonds is 3. The summed E-state index contributed by atoms with van der Waals surface area (Å²) in [5, 5.41) is 0. The minimum absolute atomic E-state index is 1.16. The normalized spacial score (nSPS) is 11.6. The van der Waals surface area contributed by atoms with Gasteiger partial charge < -0.3 is 0 Å². The quantitative estimate of drug-likeness (QED) is 0.224. The molecule has 0 saturated heterocycles. The number of benzene rings is 1. The van der Waals surface area contributed by atoms with E-state index in [1.807, 2.05) is 45.3 Å². The van der Waals surface area contributed by atoms with Gasteiger partial charge in [0.1, 0.15) is 0 Å². The molecule has 5 aromatic rings. The molecule has 0 bridgehead atoms. The monoisotopic (exact) mass is 514 g/mol. The Labute approximate surface area is 195 Å². The summed E-state index contributed by atoms with van der Waals surface area (Å²) in [6.07, 6.45) is 0. The van der Waals surface area contributed by atoms with Gasteiger partial charge in [0.15, 0.2) is 0 Å². The van der Waals surface area contributed by atoms with Crippen molar-refractivity contribution in [2.24, 2.45) is 0 Å². The van der Waals surface area contributed by atoms with Crippen LogP contribution in [0, 0.1) is 27.7 Å². The first-order chi connectivity index (χ1) is 13.9. The largest absolute Gasteiger partial charge is 0.145 e. The van der Waals surface area contributed by atoms with Crippen LogP contribution in [0.1, 0.15) is 19.5 Å². The molecule has 29 heavy (non-hydrogen) atoms. The number of hydrogen-bond donors (Lipinski definition) is 0. The molecule has 0 aliphatic rings. The van der Waals surface area contributed by atoms with Gasteiger partial charge in [-0.25, -0.2) is 0 Å². The standard InChI is InChI=1S/C24H19BrS4/c1-12-9-17(14(3)26-12)22-23(18-10-13(2)27-15(18)4)29-21-11-20(28-24(21)22)16-7-5-6-8-19(16)25/h5-11H,1-4H3. The number of fused-ring (bicyclic) bond motifs is 1. The summed E-state index contributed by atoms with van der Waals surface area (Å²) in [5.74, 6) is 0. The molecule has 0 fully saturated rings. The predicted octanol–water partition coefficient (Wildman–Crippen LogP) is 10.1. The molecule has 0 unspecified atom stereocenters. The van der Waals surface area contributed by atoms with E-state index in [2.05, 4.69) is 86.1 Å². The van der Waals surface area contributed by atoms with Crippen molar-refractivity contribution in [3.63, 3.8) is 0 Å². The first kappa shape index (κ1) is 19.7. The third kappa shape index (κ3) is 3.37. The van der Waals surface area contributed by atoms with Crippen LogP contribution in [0.4, 0.5) is 0 Å². The molecule has 0 nitrogen and oxygen atoms in total. The van der Waals surface area contributed by atoms with Crippen LogP contribution in [0.3, 0.4) is 0 Å². The molecule has 0 N–H and O–H groups in total. The van der Waals surface area contributed by atoms with Crippen LogP contribution in [0.25, 0.3) is 41.4 Å². The van der Waals surface area contributed by atoms with Crippen LogP contribution < -0.4 is 0 Å². The van der Waals surface area contributed by atoms with Gasteiger partial charge in [-0.1, -0.05) is 34.1 Å². The highest BCUT2D eigenvalue weighted by Gasteiger charge is 2.23. The molecule has 0 aliphatic heterocycles. The Bertz CT molecular complexity index is 1360. The van der Waals surface area contributed by atoms with Gasteiger partial charge in [0, 0.05) is 55.1 Å². The molecule has 4 aromatic heterocycles. The van der Waals surface area contributed by atoms with E-state index in [9.17, 15) is 0 Å². The third-order valence-electron chi connectivity index (χ3n) is 5.10. The summed E-state index contributed by atoms with van der Waals surface area (Å²) in [5.41, 5.74) is 5.50. The summed E-state index contributed by atoms with van der Waals surface area (Å²) in [7, 11) is 0. The maximum atomic E-state index is 3.73. The predicted molar refractivity (Wildman–Crippen MR) is 138 cm³/mol. The third-order valence-corrected chi connectivity index (χ3v) is 10.2. The summed E-state index contributed by atoms with van der Waals surface area (Å²) >= 11 is 11.4. The molecule has 5 rings (SSSR count). The van der Waals surface area contributed by atoms with Gasteiger partial charge in [-0.05, 0) is 57.5 Å². The van der Waals surface area contributed by atoms with Crippen molar-refractivity contribution in [1.82, 2.24) is 0 Å². The highest BCUT2D eigenvalue weighted by molar-refractivity contribution is 9.10. The maximum Gasteiger partial charge on any atom is 0.0542 e. The number of thiophene rings is 4. The van der Waals surface area contributed by atoms with Crippen LogP contribution in [-0.4, -0.2) is 0 Å². The van der Waals surface area contributed by atoms with Crippen molar-refractivity contribution in [3.8, 4) is 32.0 Å². The van der Waals surface area contributed by atoms with Crippen molar-refractivity contribution < 1.29 is 0 Å². The summed E-state index contributed by atoms with van der Waals surface area (Å²) < 4.78 is 3.96. The minimum atomic E-state index is 1.16. The van der Waals surface area contributed by atoms with Crippen LogP contribution in [0.5, 0.6) is 0 Å². The van der Waals surface area contributed by atoms with E-state index >= 15 is 0 Å². The minimum Gasteiger partial charge on any atom is -0.145 e. The Morgan fingerprint density at radius 2 is 1.34 bits per heavy atom. The molecule has 146 valence electrons. The smallest absolute Gasteiger partial charge is 0.0542 e. The molecular weight excluding hydrogens is 496 g/mol. The number of halogens is 1. The maximum absolute atomic E-state index is 3.73. The Morgan fingerprint density at radius 1 is 0.690 bits per heavy atom. The van der Waals surface area contributed by atoms with Crippen LogP contribution in [0.2, 0.25) is 0 Å². The average Bonchev–Trinajstić information content (AvgIpc) is 3.38. The van der Waals surface area contributed by atoms with Gasteiger partial charge in [0.05, 0.1) is 4.70 Å². The lowest BCUT2D eigenvalue weighted by atomic mass is 10.0. The lowest BCUT2D eigenvalue weighted by Gasteiger charge is -2.05. The fourth-order valence-corrected chi connectivity index (χ4v) is 9.18. The Hall–Kier alpha value is -1.24. The fourth-order valence-electron chi connectivity index (χ4n) is 3.85. The lowest BCUT2D eigenvalue weighted by Crippen LogP contribution is -1.79. The zero-order valence-electron chi connectivity index (χ0n) is 16.6. The molecule has 0 atom stereocenters. The van der Waals surface area contributed by atoms with Gasteiger partial charge in [-0.15, -0.1) is 45.3 Å². The molecule has 0 aliphatic carbocycles. The Kier molecular flexibility index (Phi) is 5.08. The molecular formula is C24H19BrS4. The topological polar surface area (TPSA) is 0 Å². The van der Waals surface area contributed by atoms with E-state index < -0.39 is 0 Å². The van der Waals surface area contributed by atoms with E-state index in [0.29, 0.717) is 0 Å². The molecule has 4 heterocycles. The van der Waals surface area contributed by atoms with Gasteiger partial charge >= 0.3 is 0 Å². The van der Waals surface area contributed by atoms with Crippen molar-refractivity contribution >= 4 is 70.7 Å². The zero-order valence-corrected chi connectivity index (χ0v) is 21.4. The van der Waals surface area contributed by atoms with E-state index in [1.165, 1.54) is 60.9 Å². The second kappa shape index (κ2) is 7.47. The lowest BCUT2D eigenvalue weighted by molar-refractivity contribution is 1.58. The SMILES string of the molecule is Cc1cc(-c2sc3cc(-c4ccccc4Br)sc3c2-c2cc(C)sc2C)c(C)s1. The molecule has 0 radical (unpaired) electrons. The van der Waals surface area contributed by atoms with E-state index in [4.69, 9.17) is 0 Å². The number of aryl methyl sites for hydroxylation is 4. The summed E-state index contributed by atoms with van der Waals surface area (Å²) in [4.78, 5) is 8.33. The molecule has 0 amide bonds. The molecule has 1 aromatic carbocycles. The summed E-state index contributed by atoms with van der Waals surface area (Å²) in [6.45, 7) is 8.93. The molecule has 5 heteroatoms. The van der Waals surface area contributed by atoms with Crippen molar-refractivity contribution in [2.75, 3.05) is 0 Å². The van der Waals surface area contributed by atoms with E-state index in [-0.39, 0.29) is 0 Å². The van der Waals surface area contributed by atoms with Gasteiger partial charge in [-0.2, -0.15) is 0 Å². The summed E-state index contributed by atoms with van der Waals surface area (Å²) in [6, 6.07) is 15.6. The highest BCUT2D eigenvalue weighted by Crippen LogP contribution is 2.53. The average molecular weight is 516 g/mol. The van der Waals surface area contributed by atoms with Crippen molar-refractivity contribution in [1.29, 1.82) is 0 Å². The second-order valence-corrected chi connectivity index (χ2v) is 13.1. The van der Waals surface area contributed by atoms with Crippen LogP contribution in [-0.2, 0) is 0 Å². The van der Waals surface area contributed by atoms with Crippen LogP contribution >= 0.6 is 61.3 Å². The molecule has 0 saturated carbocycles. The highest BCUT2D eigenvalue weighted by atomic mass is 79.9. The van der Waals surface area contributed by atoms with Gasteiger partial charge in [0.2, 0.25) is 0 Å². The van der Waals surface area contributed by atoms with Gasteiger partial charge in [0.25, 0.3) is 0 Å². The second-order valence-electron chi connectivity index (χ2n) is 7.24. The fraction of sp³-hybridized carbons (Fsp3) is 0.167. The van der Waals surface area contributed by atoms with Gasteiger partial charge in [-0.3, -0.25) is 0 Å².